The van der Waals surface area contributed by atoms with Crippen LogP contribution in [-0.2, 0) is 9.59 Å². The van der Waals surface area contributed by atoms with Crippen LogP contribution in [0.2, 0.25) is 0 Å². The molecule has 5 heteroatoms. The molecule has 20 heavy (non-hydrogen) atoms. The summed E-state index contributed by atoms with van der Waals surface area (Å²) >= 11 is 0. The van der Waals surface area contributed by atoms with Crippen LogP contribution in [0.5, 0.6) is 0 Å². The second-order valence-corrected chi connectivity index (χ2v) is 5.94. The van der Waals surface area contributed by atoms with Crippen LogP contribution in [0.1, 0.15) is 52.4 Å². The second-order valence-electron chi connectivity index (χ2n) is 5.94. The molecular weight excluding hydrogens is 256 g/mol. The zero-order valence-corrected chi connectivity index (χ0v) is 12.9. The van der Waals surface area contributed by atoms with Gasteiger partial charge in [0, 0.05) is 25.0 Å². The van der Waals surface area contributed by atoms with Gasteiger partial charge in [0.05, 0.1) is 5.92 Å². The fourth-order valence-electron chi connectivity index (χ4n) is 2.96. The Hall–Kier alpha value is -1.10. The molecule has 1 aliphatic rings. The van der Waals surface area contributed by atoms with Crippen LogP contribution in [0, 0.1) is 5.92 Å². The molecule has 1 fully saturated rings. The first-order valence-electron chi connectivity index (χ1n) is 7.63. The van der Waals surface area contributed by atoms with Crippen molar-refractivity contribution in [1.82, 2.24) is 10.2 Å². The molecule has 1 saturated carbocycles. The number of carbonyl (C=O) groups is 2. The number of amides is 1. The lowest BCUT2D eigenvalue weighted by atomic mass is 9.79. The highest BCUT2D eigenvalue weighted by Gasteiger charge is 2.34. The van der Waals surface area contributed by atoms with Crippen molar-refractivity contribution in [2.24, 2.45) is 5.92 Å². The Morgan fingerprint density at radius 2 is 1.90 bits per heavy atom. The van der Waals surface area contributed by atoms with Gasteiger partial charge < -0.3 is 15.3 Å². The average Bonchev–Trinajstić information content (AvgIpc) is 2.45. The van der Waals surface area contributed by atoms with E-state index >= 15 is 0 Å². The average molecular weight is 284 g/mol. The van der Waals surface area contributed by atoms with Crippen molar-refractivity contribution in [3.05, 3.63) is 0 Å². The third-order valence-corrected chi connectivity index (χ3v) is 4.48. The Morgan fingerprint density at radius 3 is 2.35 bits per heavy atom. The van der Waals surface area contributed by atoms with E-state index in [0.29, 0.717) is 19.5 Å². The topological polar surface area (TPSA) is 69.6 Å². The number of carbonyl (C=O) groups excluding carboxylic acids is 1. The van der Waals surface area contributed by atoms with E-state index in [-0.39, 0.29) is 11.4 Å². The molecule has 1 rings (SSSR count). The summed E-state index contributed by atoms with van der Waals surface area (Å²) in [4.78, 5) is 25.1. The summed E-state index contributed by atoms with van der Waals surface area (Å²) in [6, 6.07) is 0. The van der Waals surface area contributed by atoms with E-state index in [1.807, 2.05) is 14.0 Å². The minimum absolute atomic E-state index is 0.0665. The Kier molecular flexibility index (Phi) is 6.46. The van der Waals surface area contributed by atoms with Crippen molar-refractivity contribution in [2.75, 3.05) is 20.1 Å². The van der Waals surface area contributed by atoms with Crippen LogP contribution < -0.4 is 5.32 Å². The molecular formula is C15H28N2O3. The van der Waals surface area contributed by atoms with Gasteiger partial charge in [-0.3, -0.25) is 9.59 Å². The number of carboxylic acid groups (broad SMARTS) is 1. The highest BCUT2D eigenvalue weighted by Crippen LogP contribution is 2.31. The first-order chi connectivity index (χ1) is 9.44. The molecule has 0 radical (unpaired) electrons. The van der Waals surface area contributed by atoms with Gasteiger partial charge in [-0.15, -0.1) is 0 Å². The summed E-state index contributed by atoms with van der Waals surface area (Å²) in [5.41, 5.74) is -0.0881. The minimum Gasteiger partial charge on any atom is -0.481 e. The molecule has 0 saturated heterocycles. The molecule has 0 aliphatic heterocycles. The van der Waals surface area contributed by atoms with Crippen LogP contribution in [-0.4, -0.2) is 47.6 Å². The fraction of sp³-hybridized carbons (Fsp3) is 0.867. The molecule has 116 valence electrons. The maximum Gasteiger partial charge on any atom is 0.308 e. The van der Waals surface area contributed by atoms with Gasteiger partial charge in [0.2, 0.25) is 5.91 Å². The second kappa shape index (κ2) is 7.62. The van der Waals surface area contributed by atoms with Gasteiger partial charge in [-0.25, -0.2) is 0 Å². The van der Waals surface area contributed by atoms with E-state index in [9.17, 15) is 9.59 Å². The van der Waals surface area contributed by atoms with Gasteiger partial charge in [0.15, 0.2) is 0 Å². The number of nitrogens with one attached hydrogen (secondary N) is 1. The Morgan fingerprint density at radius 1 is 1.30 bits per heavy atom. The Bertz CT molecular complexity index is 338. The zero-order chi connectivity index (χ0) is 15.2. The summed E-state index contributed by atoms with van der Waals surface area (Å²) in [6.07, 6.45) is 6.09. The molecule has 0 bridgehead atoms. The molecule has 0 heterocycles. The highest BCUT2D eigenvalue weighted by molar-refractivity contribution is 5.78. The molecule has 0 aromatic rings. The quantitative estimate of drug-likeness (QED) is 0.749. The summed E-state index contributed by atoms with van der Waals surface area (Å²) in [5, 5.41) is 12.3. The first kappa shape index (κ1) is 17.0. The van der Waals surface area contributed by atoms with Gasteiger partial charge in [-0.1, -0.05) is 26.2 Å². The van der Waals surface area contributed by atoms with Crippen LogP contribution in [0.3, 0.4) is 0 Å². The van der Waals surface area contributed by atoms with E-state index in [1.165, 1.54) is 6.42 Å². The summed E-state index contributed by atoms with van der Waals surface area (Å²) < 4.78 is 0. The standard InChI is InChI=1S/C15H28N2O3/c1-4-17(11-12(2)14(19)20)13(18)10-15(16-3)8-6-5-7-9-15/h12,16H,4-11H2,1-3H3,(H,19,20). The smallest absolute Gasteiger partial charge is 0.308 e. The number of aliphatic carboxylic acids is 1. The molecule has 1 amide bonds. The van der Waals surface area contributed by atoms with Gasteiger partial charge in [0.25, 0.3) is 0 Å². The highest BCUT2D eigenvalue weighted by atomic mass is 16.4. The van der Waals surface area contributed by atoms with Gasteiger partial charge in [-0.2, -0.15) is 0 Å². The molecule has 5 nitrogen and oxygen atoms in total. The van der Waals surface area contributed by atoms with Crippen molar-refractivity contribution >= 4 is 11.9 Å². The largest absolute Gasteiger partial charge is 0.481 e. The van der Waals surface area contributed by atoms with E-state index in [2.05, 4.69) is 5.32 Å². The third-order valence-electron chi connectivity index (χ3n) is 4.48. The monoisotopic (exact) mass is 284 g/mol. The maximum absolute atomic E-state index is 12.5. The Labute approximate surface area is 121 Å². The number of hydrogen-bond donors (Lipinski definition) is 2. The van der Waals surface area contributed by atoms with Crippen LogP contribution >= 0.6 is 0 Å². The van der Waals surface area contributed by atoms with Gasteiger partial charge in [0.1, 0.15) is 0 Å². The number of carboxylic acids is 1. The molecule has 0 aromatic heterocycles. The SMILES string of the molecule is CCN(CC(C)C(=O)O)C(=O)CC1(NC)CCCCC1. The molecule has 1 unspecified atom stereocenters. The lowest BCUT2D eigenvalue weighted by molar-refractivity contribution is -0.143. The molecule has 0 aromatic carbocycles. The summed E-state index contributed by atoms with van der Waals surface area (Å²) in [6.45, 7) is 4.41. The number of hydrogen-bond acceptors (Lipinski definition) is 3. The number of nitrogens with zero attached hydrogens (tertiary/aromatic N) is 1. The van der Waals surface area contributed by atoms with Crippen LogP contribution in [0.15, 0.2) is 0 Å². The Balaban J connectivity index is 2.63. The minimum atomic E-state index is -0.850. The lowest BCUT2D eigenvalue weighted by Gasteiger charge is -2.38. The normalized spacial score (nSPS) is 19.4. The maximum atomic E-state index is 12.5. The van der Waals surface area contributed by atoms with Crippen molar-refractivity contribution in [1.29, 1.82) is 0 Å². The van der Waals surface area contributed by atoms with Gasteiger partial charge >= 0.3 is 5.97 Å². The van der Waals surface area contributed by atoms with Crippen LogP contribution in [0.25, 0.3) is 0 Å². The predicted molar refractivity (Wildman–Crippen MR) is 78.5 cm³/mol. The van der Waals surface area contributed by atoms with Crippen LogP contribution in [0.4, 0.5) is 0 Å². The van der Waals surface area contributed by atoms with E-state index < -0.39 is 11.9 Å². The molecule has 2 N–H and O–H groups in total. The fourth-order valence-corrected chi connectivity index (χ4v) is 2.96. The van der Waals surface area contributed by atoms with Crippen molar-refractivity contribution in [3.8, 4) is 0 Å². The zero-order valence-electron chi connectivity index (χ0n) is 12.9. The van der Waals surface area contributed by atoms with Crippen molar-refractivity contribution < 1.29 is 14.7 Å². The molecule has 1 aliphatic carbocycles. The molecule has 0 spiro atoms. The summed E-state index contributed by atoms with van der Waals surface area (Å²) in [7, 11) is 1.93. The third kappa shape index (κ3) is 4.47. The van der Waals surface area contributed by atoms with E-state index in [0.717, 1.165) is 25.7 Å². The van der Waals surface area contributed by atoms with E-state index in [1.54, 1.807) is 11.8 Å². The van der Waals surface area contributed by atoms with Gasteiger partial charge in [-0.05, 0) is 26.8 Å². The van der Waals surface area contributed by atoms with Crippen molar-refractivity contribution in [3.63, 3.8) is 0 Å². The first-order valence-corrected chi connectivity index (χ1v) is 7.63. The predicted octanol–water partition coefficient (Wildman–Crippen LogP) is 1.87. The number of rotatable bonds is 7. The summed E-state index contributed by atoms with van der Waals surface area (Å²) in [5.74, 6) is -1.30. The molecule has 1 atom stereocenters. The lowest BCUT2D eigenvalue weighted by Crippen LogP contribution is -2.49. The van der Waals surface area contributed by atoms with E-state index in [4.69, 9.17) is 5.11 Å². The van der Waals surface area contributed by atoms with Crippen molar-refractivity contribution in [2.45, 2.75) is 57.9 Å².